The monoisotopic (exact) mass is 560 g/mol. The van der Waals surface area contributed by atoms with Gasteiger partial charge in [-0.1, -0.05) is 36.4 Å². The largest absolute Gasteiger partial charge is 0.418 e. The molecule has 5 N–H and O–H groups in total. The van der Waals surface area contributed by atoms with Gasteiger partial charge in [0.15, 0.2) is 5.11 Å². The van der Waals surface area contributed by atoms with E-state index in [4.69, 9.17) is 12.2 Å². The van der Waals surface area contributed by atoms with E-state index >= 15 is 0 Å². The maximum Gasteiger partial charge on any atom is 0.418 e. The second-order valence-electron chi connectivity index (χ2n) is 8.01. The molecule has 39 heavy (non-hydrogen) atoms. The van der Waals surface area contributed by atoms with Gasteiger partial charge in [0.05, 0.1) is 11.3 Å². The molecule has 0 aliphatic heterocycles. The molecule has 0 saturated heterocycles. The quantitative estimate of drug-likeness (QED) is 0.100. The molecule has 3 aromatic carbocycles. The van der Waals surface area contributed by atoms with Crippen molar-refractivity contribution >= 4 is 40.9 Å². The molecule has 1 heterocycles. The summed E-state index contributed by atoms with van der Waals surface area (Å²) in [6, 6.07) is 16.6. The number of anilines is 4. The summed E-state index contributed by atoms with van der Waals surface area (Å²) in [5.74, 6) is -0.470. The van der Waals surface area contributed by atoms with E-state index < -0.39 is 11.7 Å². The third-order valence-corrected chi connectivity index (χ3v) is 5.34. The van der Waals surface area contributed by atoms with Gasteiger partial charge in [-0.15, -0.1) is 0 Å². The van der Waals surface area contributed by atoms with Gasteiger partial charge in [0.1, 0.15) is 11.6 Å². The van der Waals surface area contributed by atoms with Crippen LogP contribution in [0.5, 0.6) is 0 Å². The minimum atomic E-state index is -4.57. The van der Waals surface area contributed by atoms with Crippen LogP contribution in [0, 0.1) is 11.6 Å². The van der Waals surface area contributed by atoms with Gasteiger partial charge in [-0.2, -0.15) is 28.1 Å². The Morgan fingerprint density at radius 1 is 0.692 bits per heavy atom. The molecular formula is C25H21F5N8S. The van der Waals surface area contributed by atoms with Crippen LogP contribution in [-0.4, -0.2) is 20.1 Å². The maximum atomic E-state index is 13.3. The van der Waals surface area contributed by atoms with Crippen LogP contribution in [0.4, 0.5) is 45.5 Å². The van der Waals surface area contributed by atoms with Crippen molar-refractivity contribution in [2.75, 3.05) is 21.4 Å². The highest BCUT2D eigenvalue weighted by Crippen LogP contribution is 2.34. The fourth-order valence-electron chi connectivity index (χ4n) is 3.26. The van der Waals surface area contributed by atoms with E-state index in [1.54, 1.807) is 24.3 Å². The zero-order valence-electron chi connectivity index (χ0n) is 20.0. The van der Waals surface area contributed by atoms with Gasteiger partial charge in [-0.25, -0.2) is 8.78 Å². The molecule has 0 atom stereocenters. The molecule has 14 heteroatoms. The zero-order valence-corrected chi connectivity index (χ0v) is 20.8. The van der Waals surface area contributed by atoms with Crippen LogP contribution in [0.1, 0.15) is 16.7 Å². The summed E-state index contributed by atoms with van der Waals surface area (Å²) in [5.41, 5.74) is 5.60. The number of aromatic nitrogens is 3. The standard InChI is InChI=1S/C25H21F5N8S/c26-17-9-5-15(6-10-17)13-31-21-34-22(32-14-16-7-11-18(27)12-8-16)36-23(35-21)37-38-24(39)33-20-4-2-1-3-19(20)25(28,29)30/h1-12H,13-14H2,(H2,33,38,39)(H3,31,32,34,35,36,37). The second kappa shape index (κ2) is 12.3. The first-order valence-corrected chi connectivity index (χ1v) is 11.8. The van der Waals surface area contributed by atoms with Gasteiger partial charge < -0.3 is 16.0 Å². The number of benzene rings is 3. The highest BCUT2D eigenvalue weighted by Gasteiger charge is 2.33. The van der Waals surface area contributed by atoms with Crippen molar-refractivity contribution in [3.8, 4) is 0 Å². The Balaban J connectivity index is 1.46. The summed E-state index contributed by atoms with van der Waals surface area (Å²) in [5, 5.41) is 8.33. The second-order valence-corrected chi connectivity index (χ2v) is 8.42. The van der Waals surface area contributed by atoms with E-state index in [9.17, 15) is 22.0 Å². The average Bonchev–Trinajstić information content (AvgIpc) is 2.91. The Labute approximate surface area is 225 Å². The van der Waals surface area contributed by atoms with Crippen molar-refractivity contribution in [3.05, 3.63) is 101 Å². The fourth-order valence-corrected chi connectivity index (χ4v) is 3.42. The molecular weight excluding hydrogens is 539 g/mol. The number of rotatable bonds is 9. The molecule has 202 valence electrons. The van der Waals surface area contributed by atoms with Crippen molar-refractivity contribution in [3.63, 3.8) is 0 Å². The summed E-state index contributed by atoms with van der Waals surface area (Å²) in [7, 11) is 0. The van der Waals surface area contributed by atoms with Gasteiger partial charge in [-0.3, -0.25) is 10.9 Å². The third kappa shape index (κ3) is 8.20. The van der Waals surface area contributed by atoms with Gasteiger partial charge >= 0.3 is 6.18 Å². The predicted octanol–water partition coefficient (Wildman–Crippen LogP) is 5.71. The molecule has 8 nitrogen and oxygen atoms in total. The Bertz CT molecular complexity index is 1350. The lowest BCUT2D eigenvalue weighted by Gasteiger charge is -2.16. The number of nitrogens with one attached hydrogen (secondary N) is 5. The topological polar surface area (TPSA) is 98.8 Å². The molecule has 0 amide bonds. The first-order valence-electron chi connectivity index (χ1n) is 11.4. The Kier molecular flexibility index (Phi) is 8.66. The lowest BCUT2D eigenvalue weighted by atomic mass is 10.2. The Hall–Kier alpha value is -4.59. The molecule has 1 aromatic heterocycles. The van der Waals surface area contributed by atoms with Crippen molar-refractivity contribution < 1.29 is 22.0 Å². The van der Waals surface area contributed by atoms with Crippen LogP contribution in [-0.2, 0) is 19.3 Å². The van der Waals surface area contributed by atoms with Crippen LogP contribution >= 0.6 is 12.2 Å². The maximum absolute atomic E-state index is 13.3. The normalized spacial score (nSPS) is 11.0. The highest BCUT2D eigenvalue weighted by molar-refractivity contribution is 7.80. The van der Waals surface area contributed by atoms with Crippen molar-refractivity contribution in [2.24, 2.45) is 0 Å². The van der Waals surface area contributed by atoms with E-state index in [0.717, 1.165) is 17.2 Å². The SMILES string of the molecule is Fc1ccc(CNc2nc(NCc3ccc(F)cc3)nc(NNC(=S)Nc3ccccc3C(F)(F)F)n2)cc1. The number of para-hydroxylation sites is 1. The third-order valence-electron chi connectivity index (χ3n) is 5.13. The molecule has 4 aromatic rings. The minimum Gasteiger partial charge on any atom is -0.350 e. The van der Waals surface area contributed by atoms with Crippen LogP contribution in [0.25, 0.3) is 0 Å². The summed E-state index contributed by atoms with van der Waals surface area (Å²) in [4.78, 5) is 12.8. The Morgan fingerprint density at radius 2 is 1.18 bits per heavy atom. The number of alkyl halides is 3. The van der Waals surface area contributed by atoms with Crippen LogP contribution < -0.4 is 26.8 Å². The summed E-state index contributed by atoms with van der Waals surface area (Å²) in [6.45, 7) is 0.533. The zero-order chi connectivity index (χ0) is 27.8. The number of hydrogen-bond acceptors (Lipinski definition) is 7. The molecule has 0 fully saturated rings. The Morgan fingerprint density at radius 3 is 1.69 bits per heavy atom. The number of halogens is 5. The van der Waals surface area contributed by atoms with Crippen LogP contribution in [0.15, 0.2) is 72.8 Å². The van der Waals surface area contributed by atoms with E-state index in [0.29, 0.717) is 0 Å². The van der Waals surface area contributed by atoms with Crippen molar-refractivity contribution in [2.45, 2.75) is 19.3 Å². The van der Waals surface area contributed by atoms with Gasteiger partial charge in [0.2, 0.25) is 17.8 Å². The van der Waals surface area contributed by atoms with E-state index in [-0.39, 0.29) is 53.4 Å². The molecule has 0 aliphatic rings. The highest BCUT2D eigenvalue weighted by atomic mass is 32.1. The van der Waals surface area contributed by atoms with Crippen molar-refractivity contribution in [1.82, 2.24) is 20.4 Å². The summed E-state index contributed by atoms with van der Waals surface area (Å²) >= 11 is 5.12. The molecule has 0 bridgehead atoms. The minimum absolute atomic E-state index is 0.0125. The summed E-state index contributed by atoms with van der Waals surface area (Å²) < 4.78 is 66.2. The van der Waals surface area contributed by atoms with E-state index in [2.05, 4.69) is 41.8 Å². The summed E-state index contributed by atoms with van der Waals surface area (Å²) in [6.07, 6.45) is -4.57. The van der Waals surface area contributed by atoms with Gasteiger partial charge in [0, 0.05) is 13.1 Å². The molecule has 0 saturated carbocycles. The van der Waals surface area contributed by atoms with Gasteiger partial charge in [0.25, 0.3) is 0 Å². The lowest BCUT2D eigenvalue weighted by Crippen LogP contribution is -2.34. The lowest BCUT2D eigenvalue weighted by molar-refractivity contribution is -0.136. The smallest absolute Gasteiger partial charge is 0.350 e. The van der Waals surface area contributed by atoms with E-state index in [1.807, 2.05) is 0 Å². The predicted molar refractivity (Wildman–Crippen MR) is 142 cm³/mol. The molecule has 0 aliphatic carbocycles. The number of thiocarbonyl (C=S) groups is 1. The number of hydrazine groups is 1. The first-order chi connectivity index (χ1) is 18.7. The number of nitrogens with zero attached hydrogens (tertiary/aromatic N) is 3. The fraction of sp³-hybridized carbons (Fsp3) is 0.120. The van der Waals surface area contributed by atoms with Crippen LogP contribution in [0.3, 0.4) is 0 Å². The molecule has 0 radical (unpaired) electrons. The molecule has 0 unspecified atom stereocenters. The van der Waals surface area contributed by atoms with Crippen LogP contribution in [0.2, 0.25) is 0 Å². The number of hydrogen-bond donors (Lipinski definition) is 5. The van der Waals surface area contributed by atoms with Crippen molar-refractivity contribution in [1.29, 1.82) is 0 Å². The molecule has 0 spiro atoms. The molecule has 4 rings (SSSR count). The van der Waals surface area contributed by atoms with Gasteiger partial charge in [-0.05, 0) is 59.7 Å². The average molecular weight is 561 g/mol. The first kappa shape index (κ1) is 27.4. The van der Waals surface area contributed by atoms with E-state index in [1.165, 1.54) is 42.5 Å².